The molecule has 6 heteroatoms. The van der Waals surface area contributed by atoms with Gasteiger partial charge in [0.2, 0.25) is 5.13 Å². The zero-order valence-electron chi connectivity index (χ0n) is 12.7. The molecule has 0 spiro atoms. The van der Waals surface area contributed by atoms with Crippen LogP contribution in [0.2, 0.25) is 0 Å². The number of benzene rings is 2. The quantitative estimate of drug-likeness (QED) is 0.757. The fourth-order valence-electron chi connectivity index (χ4n) is 2.54. The number of rotatable bonds is 2. The minimum absolute atomic E-state index is 0.228. The minimum atomic E-state index is -0.288. The number of amides is 1. The lowest BCUT2D eigenvalue weighted by atomic mass is 10.1. The van der Waals surface area contributed by atoms with Crippen molar-refractivity contribution in [1.29, 1.82) is 0 Å². The van der Waals surface area contributed by atoms with E-state index in [1.165, 1.54) is 23.5 Å². The predicted molar refractivity (Wildman–Crippen MR) is 93.5 cm³/mol. The van der Waals surface area contributed by atoms with E-state index in [-0.39, 0.29) is 11.7 Å². The van der Waals surface area contributed by atoms with Gasteiger partial charge in [-0.05, 0) is 43.3 Å². The predicted octanol–water partition coefficient (Wildman–Crippen LogP) is 4.33. The summed E-state index contributed by atoms with van der Waals surface area (Å²) in [4.78, 5) is 21.0. The van der Waals surface area contributed by atoms with Gasteiger partial charge in [0.15, 0.2) is 0 Å². The molecule has 4 nitrogen and oxygen atoms in total. The van der Waals surface area contributed by atoms with Crippen molar-refractivity contribution in [2.75, 3.05) is 5.32 Å². The van der Waals surface area contributed by atoms with Gasteiger partial charge in [0, 0.05) is 16.5 Å². The maximum Gasteiger partial charge on any atom is 0.275 e. The van der Waals surface area contributed by atoms with Crippen molar-refractivity contribution < 1.29 is 9.18 Å². The molecule has 4 rings (SSSR count). The summed E-state index contributed by atoms with van der Waals surface area (Å²) in [5, 5.41) is 5.14. The van der Waals surface area contributed by atoms with Gasteiger partial charge < -0.3 is 5.32 Å². The van der Waals surface area contributed by atoms with Crippen molar-refractivity contribution in [2.45, 2.75) is 6.92 Å². The van der Waals surface area contributed by atoms with Crippen LogP contribution in [0.25, 0.3) is 11.3 Å². The lowest BCUT2D eigenvalue weighted by Crippen LogP contribution is -2.13. The van der Waals surface area contributed by atoms with Crippen molar-refractivity contribution in [3.63, 3.8) is 0 Å². The third kappa shape index (κ3) is 2.61. The molecule has 24 heavy (non-hydrogen) atoms. The number of carbonyl (C=O) groups is 1. The van der Waals surface area contributed by atoms with Gasteiger partial charge in [0.1, 0.15) is 11.5 Å². The zero-order valence-corrected chi connectivity index (χ0v) is 13.5. The van der Waals surface area contributed by atoms with E-state index < -0.39 is 0 Å². The summed E-state index contributed by atoms with van der Waals surface area (Å²) in [5.74, 6) is -0.516. The molecular formula is C18H12FN3OS. The van der Waals surface area contributed by atoms with Gasteiger partial charge in [0.05, 0.1) is 11.4 Å². The van der Waals surface area contributed by atoms with E-state index in [4.69, 9.17) is 0 Å². The average molecular weight is 337 g/mol. The largest absolute Gasteiger partial charge is 0.320 e. The third-order valence-electron chi connectivity index (χ3n) is 3.73. The molecule has 2 heterocycles. The van der Waals surface area contributed by atoms with Gasteiger partial charge in [-0.15, -0.1) is 11.3 Å². The van der Waals surface area contributed by atoms with Crippen LogP contribution in [0.15, 0.2) is 52.8 Å². The number of fused-ring (bicyclic) bond motifs is 1. The van der Waals surface area contributed by atoms with Crippen LogP contribution >= 0.6 is 11.3 Å². The van der Waals surface area contributed by atoms with Gasteiger partial charge in [-0.3, -0.25) is 4.79 Å². The van der Waals surface area contributed by atoms with Crippen molar-refractivity contribution >= 4 is 33.8 Å². The van der Waals surface area contributed by atoms with Crippen LogP contribution in [0, 0.1) is 12.7 Å². The van der Waals surface area contributed by atoms with Gasteiger partial charge in [-0.2, -0.15) is 0 Å². The second kappa shape index (κ2) is 5.65. The Bertz CT molecular complexity index is 976. The first-order chi connectivity index (χ1) is 11.6. The number of halogens is 1. The molecule has 1 amide bonds. The number of aryl methyl sites for hydroxylation is 1. The molecule has 0 bridgehead atoms. The van der Waals surface area contributed by atoms with E-state index in [2.05, 4.69) is 15.3 Å². The smallest absolute Gasteiger partial charge is 0.275 e. The summed E-state index contributed by atoms with van der Waals surface area (Å²) in [5.41, 5.74) is 4.50. The molecule has 0 fully saturated rings. The number of aliphatic imine (C=N–C) groups is 1. The summed E-state index contributed by atoms with van der Waals surface area (Å²) in [6.45, 7) is 1.97. The maximum absolute atomic E-state index is 13.0. The standard InChI is InChI=1S/C18H12FN3OS/c1-10-2-7-14-13(8-10)16(17(23)20-14)22-18-21-15(9-24-18)11-3-5-12(19)6-4-11/h2-9H,1H3,(H,20,21,22,23). The Labute approximate surface area is 141 Å². The topological polar surface area (TPSA) is 54.4 Å². The Balaban J connectivity index is 1.71. The Morgan fingerprint density at radius 1 is 1.17 bits per heavy atom. The summed E-state index contributed by atoms with van der Waals surface area (Å²) in [7, 11) is 0. The Hall–Kier alpha value is -2.86. The van der Waals surface area contributed by atoms with E-state index in [9.17, 15) is 9.18 Å². The van der Waals surface area contributed by atoms with E-state index in [0.29, 0.717) is 16.5 Å². The van der Waals surface area contributed by atoms with Gasteiger partial charge >= 0.3 is 0 Å². The maximum atomic E-state index is 13.0. The lowest BCUT2D eigenvalue weighted by Gasteiger charge is -1.98. The highest BCUT2D eigenvalue weighted by molar-refractivity contribution is 7.13. The highest BCUT2D eigenvalue weighted by Crippen LogP contribution is 2.30. The molecule has 1 aliphatic heterocycles. The van der Waals surface area contributed by atoms with Gasteiger partial charge in [0.25, 0.3) is 5.91 Å². The monoisotopic (exact) mass is 337 g/mol. The highest BCUT2D eigenvalue weighted by atomic mass is 32.1. The Morgan fingerprint density at radius 2 is 1.96 bits per heavy atom. The summed E-state index contributed by atoms with van der Waals surface area (Å²) >= 11 is 1.34. The fourth-order valence-corrected chi connectivity index (χ4v) is 3.24. The number of aromatic nitrogens is 1. The van der Waals surface area contributed by atoms with Crippen LogP contribution < -0.4 is 5.32 Å². The SMILES string of the molecule is Cc1ccc2c(c1)/C(=N/c1nc(-c3ccc(F)cc3)cs1)C(=O)N2. The van der Waals surface area contributed by atoms with Gasteiger partial charge in [-0.25, -0.2) is 14.4 Å². The molecule has 1 aliphatic rings. The highest BCUT2D eigenvalue weighted by Gasteiger charge is 2.26. The second-order valence-corrected chi connectivity index (χ2v) is 6.32. The molecule has 2 aromatic carbocycles. The Kier molecular flexibility index (Phi) is 3.46. The molecular weight excluding hydrogens is 325 g/mol. The minimum Gasteiger partial charge on any atom is -0.320 e. The van der Waals surface area contributed by atoms with Crippen molar-refractivity contribution in [2.24, 2.45) is 4.99 Å². The van der Waals surface area contributed by atoms with Crippen molar-refractivity contribution in [1.82, 2.24) is 4.98 Å². The number of hydrogen-bond donors (Lipinski definition) is 1. The molecule has 3 aromatic rings. The van der Waals surface area contributed by atoms with Crippen LogP contribution in [-0.2, 0) is 4.79 Å². The number of nitrogens with zero attached hydrogens (tertiary/aromatic N) is 2. The van der Waals surface area contributed by atoms with E-state index in [1.54, 1.807) is 12.1 Å². The van der Waals surface area contributed by atoms with Crippen LogP contribution in [0.5, 0.6) is 0 Å². The fraction of sp³-hybridized carbons (Fsp3) is 0.0556. The zero-order chi connectivity index (χ0) is 16.7. The summed E-state index contributed by atoms with van der Waals surface area (Å²) < 4.78 is 13.0. The number of hydrogen-bond acceptors (Lipinski definition) is 4. The number of anilines is 1. The molecule has 0 atom stereocenters. The lowest BCUT2D eigenvalue weighted by molar-refractivity contribution is -0.110. The normalized spacial score (nSPS) is 14.8. The molecule has 0 radical (unpaired) electrons. The van der Waals surface area contributed by atoms with E-state index >= 15 is 0 Å². The van der Waals surface area contributed by atoms with Crippen LogP contribution in [-0.4, -0.2) is 16.6 Å². The Morgan fingerprint density at radius 3 is 2.75 bits per heavy atom. The van der Waals surface area contributed by atoms with Crippen LogP contribution in [0.4, 0.5) is 15.2 Å². The van der Waals surface area contributed by atoms with E-state index in [0.717, 1.165) is 22.4 Å². The molecule has 0 unspecified atom stereocenters. The van der Waals surface area contributed by atoms with Crippen LogP contribution in [0.3, 0.4) is 0 Å². The first-order valence-corrected chi connectivity index (χ1v) is 8.21. The van der Waals surface area contributed by atoms with Crippen molar-refractivity contribution in [3.05, 3.63) is 64.8 Å². The number of thiazole rings is 1. The molecule has 0 aliphatic carbocycles. The summed E-state index contributed by atoms with van der Waals surface area (Å²) in [6.07, 6.45) is 0. The summed E-state index contributed by atoms with van der Waals surface area (Å²) in [6, 6.07) is 11.9. The molecule has 1 N–H and O–H groups in total. The van der Waals surface area contributed by atoms with Crippen LogP contribution in [0.1, 0.15) is 11.1 Å². The molecule has 0 saturated carbocycles. The van der Waals surface area contributed by atoms with E-state index in [1.807, 2.05) is 30.5 Å². The van der Waals surface area contributed by atoms with Crippen molar-refractivity contribution in [3.8, 4) is 11.3 Å². The average Bonchev–Trinajstić information content (AvgIpc) is 3.14. The molecule has 0 saturated heterocycles. The third-order valence-corrected chi connectivity index (χ3v) is 4.47. The first kappa shape index (κ1) is 14.7. The van der Waals surface area contributed by atoms with Gasteiger partial charge in [-0.1, -0.05) is 11.6 Å². The molecule has 1 aromatic heterocycles. The second-order valence-electron chi connectivity index (χ2n) is 5.49. The molecule has 118 valence electrons. The number of carbonyl (C=O) groups excluding carboxylic acids is 1. The number of nitrogens with one attached hydrogen (secondary N) is 1. The first-order valence-electron chi connectivity index (χ1n) is 7.33.